The monoisotopic (exact) mass is 482 g/mol. The lowest BCUT2D eigenvalue weighted by molar-refractivity contribution is 0.192. The first kappa shape index (κ1) is 21.4. The summed E-state index contributed by atoms with van der Waals surface area (Å²) >= 11 is 1.65. The fourth-order valence-corrected chi connectivity index (χ4v) is 4.85. The fraction of sp³-hybridized carbons (Fsp3) is 0.160. The number of rotatable bonds is 7. The molecule has 0 spiro atoms. The number of pyridine rings is 3. The average molecular weight is 483 g/mol. The molecule has 35 heavy (non-hydrogen) atoms. The standard InChI is InChI=1S/C25H22N8OS/c1-2-4-21(34)29-16-7-14(9-26-11-16)15-8-17-23(32-33-24(17)28-10-15)25-30-19-13-27-12-18(22(19)31-25)20-5-3-6-35-20/h3,5-13,21,29,34H,2,4H2,1H3,(H,30,31)(H,28,32,33). The van der Waals surface area contributed by atoms with E-state index in [9.17, 15) is 5.11 Å². The maximum Gasteiger partial charge on any atom is 0.159 e. The molecule has 10 heteroatoms. The highest BCUT2D eigenvalue weighted by molar-refractivity contribution is 7.13. The molecule has 0 aromatic carbocycles. The first-order valence-electron chi connectivity index (χ1n) is 11.3. The SMILES string of the molecule is CCCC(O)Nc1cncc(-c2cnc3[nH]nc(-c4nc5c(-c6cccs6)cncc5[nH]4)c3c2)c1. The van der Waals surface area contributed by atoms with Gasteiger partial charge >= 0.3 is 0 Å². The van der Waals surface area contributed by atoms with E-state index < -0.39 is 6.23 Å². The Morgan fingerprint density at radius 1 is 1.09 bits per heavy atom. The number of hydrogen-bond acceptors (Lipinski definition) is 8. The van der Waals surface area contributed by atoms with Crippen molar-refractivity contribution in [3.05, 3.63) is 60.6 Å². The molecule has 0 saturated carbocycles. The second-order valence-corrected chi connectivity index (χ2v) is 9.20. The lowest BCUT2D eigenvalue weighted by Gasteiger charge is -2.13. The van der Waals surface area contributed by atoms with Crippen molar-refractivity contribution >= 4 is 39.1 Å². The average Bonchev–Trinajstić information content (AvgIpc) is 3.63. The van der Waals surface area contributed by atoms with Crippen LogP contribution in [0.5, 0.6) is 0 Å². The summed E-state index contributed by atoms with van der Waals surface area (Å²) < 4.78 is 0. The van der Waals surface area contributed by atoms with Gasteiger partial charge in [0.05, 0.1) is 29.0 Å². The predicted molar refractivity (Wildman–Crippen MR) is 138 cm³/mol. The summed E-state index contributed by atoms with van der Waals surface area (Å²) in [6.07, 6.45) is 9.82. The first-order valence-corrected chi connectivity index (χ1v) is 12.2. The summed E-state index contributed by atoms with van der Waals surface area (Å²) in [5.74, 6) is 0.646. The number of H-pyrrole nitrogens is 2. The van der Waals surface area contributed by atoms with Crippen LogP contribution in [0.25, 0.3) is 55.2 Å². The number of imidazole rings is 1. The Morgan fingerprint density at radius 2 is 1.97 bits per heavy atom. The molecule has 174 valence electrons. The van der Waals surface area contributed by atoms with Crippen molar-refractivity contribution in [3.63, 3.8) is 0 Å². The normalized spacial score (nSPS) is 12.4. The van der Waals surface area contributed by atoms with E-state index in [1.807, 2.05) is 36.7 Å². The van der Waals surface area contributed by atoms with Crippen LogP contribution >= 0.6 is 11.3 Å². The van der Waals surface area contributed by atoms with Gasteiger partial charge in [-0.3, -0.25) is 15.1 Å². The third-order valence-corrected chi connectivity index (χ3v) is 6.69. The van der Waals surface area contributed by atoms with Gasteiger partial charge in [-0.1, -0.05) is 19.4 Å². The Bertz CT molecular complexity index is 1620. The molecule has 0 fully saturated rings. The number of aliphatic hydroxyl groups excluding tert-OH is 1. The van der Waals surface area contributed by atoms with Crippen molar-refractivity contribution in [1.82, 2.24) is 35.1 Å². The Kier molecular flexibility index (Phi) is 5.44. The van der Waals surface area contributed by atoms with Crippen LogP contribution in [-0.4, -0.2) is 46.5 Å². The van der Waals surface area contributed by atoms with Crippen LogP contribution in [0.15, 0.2) is 60.6 Å². The van der Waals surface area contributed by atoms with Crippen LogP contribution in [0.3, 0.4) is 0 Å². The van der Waals surface area contributed by atoms with Gasteiger partial charge in [0.25, 0.3) is 0 Å². The van der Waals surface area contributed by atoms with Gasteiger partial charge in [-0.05, 0) is 30.0 Å². The minimum atomic E-state index is -0.611. The van der Waals surface area contributed by atoms with Crippen molar-refractivity contribution in [2.24, 2.45) is 0 Å². The van der Waals surface area contributed by atoms with Gasteiger partial charge in [0.2, 0.25) is 0 Å². The zero-order chi connectivity index (χ0) is 23.8. The summed E-state index contributed by atoms with van der Waals surface area (Å²) in [5.41, 5.74) is 6.56. The molecular formula is C25H22N8OS. The zero-order valence-electron chi connectivity index (χ0n) is 18.9. The summed E-state index contributed by atoms with van der Waals surface area (Å²) in [7, 11) is 0. The highest BCUT2D eigenvalue weighted by Crippen LogP contribution is 2.33. The van der Waals surface area contributed by atoms with Crippen LogP contribution < -0.4 is 5.32 Å². The molecule has 6 aromatic heterocycles. The molecule has 0 bridgehead atoms. The minimum absolute atomic E-state index is 0.611. The molecule has 0 aliphatic heterocycles. The Balaban J connectivity index is 1.40. The molecule has 4 N–H and O–H groups in total. The highest BCUT2D eigenvalue weighted by Gasteiger charge is 2.17. The van der Waals surface area contributed by atoms with E-state index in [-0.39, 0.29) is 0 Å². The number of aromatic nitrogens is 7. The van der Waals surface area contributed by atoms with Gasteiger partial charge < -0.3 is 15.4 Å². The predicted octanol–water partition coefficient (Wildman–Crippen LogP) is 5.22. The van der Waals surface area contributed by atoms with E-state index in [2.05, 4.69) is 41.5 Å². The molecule has 6 rings (SSSR count). The van der Waals surface area contributed by atoms with Crippen molar-refractivity contribution in [2.45, 2.75) is 26.0 Å². The summed E-state index contributed by atoms with van der Waals surface area (Å²) in [4.78, 5) is 22.6. The van der Waals surface area contributed by atoms with Crippen LogP contribution in [-0.2, 0) is 0 Å². The number of hydrogen-bond donors (Lipinski definition) is 4. The number of fused-ring (bicyclic) bond motifs is 2. The molecular weight excluding hydrogens is 460 g/mol. The van der Waals surface area contributed by atoms with Crippen molar-refractivity contribution in [2.75, 3.05) is 5.32 Å². The minimum Gasteiger partial charge on any atom is -0.374 e. The summed E-state index contributed by atoms with van der Waals surface area (Å²) in [6, 6.07) is 8.06. The highest BCUT2D eigenvalue weighted by atomic mass is 32.1. The lowest BCUT2D eigenvalue weighted by Crippen LogP contribution is -2.18. The fourth-order valence-electron chi connectivity index (χ4n) is 4.11. The zero-order valence-corrected chi connectivity index (χ0v) is 19.7. The van der Waals surface area contributed by atoms with Gasteiger partial charge in [0.15, 0.2) is 11.5 Å². The van der Waals surface area contributed by atoms with Crippen LogP contribution in [0.2, 0.25) is 0 Å². The molecule has 1 atom stereocenters. The summed E-state index contributed by atoms with van der Waals surface area (Å²) in [5, 5.41) is 23.6. The lowest BCUT2D eigenvalue weighted by atomic mass is 10.1. The second-order valence-electron chi connectivity index (χ2n) is 8.25. The van der Waals surface area contributed by atoms with Crippen LogP contribution in [0.4, 0.5) is 5.69 Å². The number of nitrogens with zero attached hydrogens (tertiary/aromatic N) is 5. The van der Waals surface area contributed by atoms with E-state index in [0.717, 1.165) is 50.1 Å². The van der Waals surface area contributed by atoms with Crippen molar-refractivity contribution in [1.29, 1.82) is 0 Å². The quantitative estimate of drug-likeness (QED) is 0.230. The topological polar surface area (TPSA) is 128 Å². The molecule has 0 aliphatic rings. The van der Waals surface area contributed by atoms with Crippen molar-refractivity contribution < 1.29 is 5.11 Å². The van der Waals surface area contributed by atoms with Gasteiger partial charge in [-0.2, -0.15) is 5.10 Å². The molecule has 0 aliphatic carbocycles. The van der Waals surface area contributed by atoms with E-state index >= 15 is 0 Å². The third kappa shape index (κ3) is 4.02. The number of thiophene rings is 1. The van der Waals surface area contributed by atoms with Crippen LogP contribution in [0.1, 0.15) is 19.8 Å². The Hall–Kier alpha value is -4.15. The van der Waals surface area contributed by atoms with E-state index in [0.29, 0.717) is 23.6 Å². The number of aliphatic hydroxyl groups is 1. The maximum absolute atomic E-state index is 10.1. The first-order chi connectivity index (χ1) is 17.2. The Labute approximate surface area is 204 Å². The molecule has 1 unspecified atom stereocenters. The van der Waals surface area contributed by atoms with E-state index in [1.54, 1.807) is 36.1 Å². The van der Waals surface area contributed by atoms with E-state index in [1.165, 1.54) is 0 Å². The van der Waals surface area contributed by atoms with Gasteiger partial charge in [-0.25, -0.2) is 9.97 Å². The molecule has 6 heterocycles. The third-order valence-electron chi connectivity index (χ3n) is 5.79. The summed E-state index contributed by atoms with van der Waals surface area (Å²) in [6.45, 7) is 2.03. The van der Waals surface area contributed by atoms with Gasteiger partial charge in [-0.15, -0.1) is 11.3 Å². The number of aromatic amines is 2. The number of nitrogens with one attached hydrogen (secondary N) is 3. The molecule has 6 aromatic rings. The molecule has 0 saturated heterocycles. The number of anilines is 1. The van der Waals surface area contributed by atoms with Crippen LogP contribution in [0, 0.1) is 0 Å². The molecule has 0 amide bonds. The van der Waals surface area contributed by atoms with Gasteiger partial charge in [0, 0.05) is 40.2 Å². The van der Waals surface area contributed by atoms with Gasteiger partial charge in [0.1, 0.15) is 17.4 Å². The maximum atomic E-state index is 10.1. The molecule has 0 radical (unpaired) electrons. The second kappa shape index (κ2) is 8.90. The largest absolute Gasteiger partial charge is 0.374 e. The van der Waals surface area contributed by atoms with Crippen molar-refractivity contribution in [3.8, 4) is 33.1 Å². The Morgan fingerprint density at radius 3 is 2.83 bits per heavy atom. The van der Waals surface area contributed by atoms with E-state index in [4.69, 9.17) is 4.98 Å². The smallest absolute Gasteiger partial charge is 0.159 e. The molecule has 9 nitrogen and oxygen atoms in total.